The van der Waals surface area contributed by atoms with E-state index in [0.29, 0.717) is 0 Å². The predicted octanol–water partition coefficient (Wildman–Crippen LogP) is 4.51. The van der Waals surface area contributed by atoms with Gasteiger partial charge >= 0.3 is 0 Å². The molecule has 134 valence electrons. The highest BCUT2D eigenvalue weighted by atomic mass is 35.5. The van der Waals surface area contributed by atoms with Crippen LogP contribution in [0.1, 0.15) is 42.5 Å². The summed E-state index contributed by atoms with van der Waals surface area (Å²) in [5.74, 6) is 0.971. The fourth-order valence-electron chi connectivity index (χ4n) is 3.14. The van der Waals surface area contributed by atoms with E-state index in [1.807, 2.05) is 37.3 Å². The normalized spacial score (nSPS) is 17.1. The Morgan fingerprint density at radius 3 is 2.80 bits per heavy atom. The zero-order valence-electron chi connectivity index (χ0n) is 14.4. The quantitative estimate of drug-likeness (QED) is 0.755. The Labute approximate surface area is 160 Å². The van der Waals surface area contributed by atoms with Crippen molar-refractivity contribution in [1.82, 2.24) is 5.32 Å². The second kappa shape index (κ2) is 9.16. The molecule has 5 heteroatoms. The molecule has 0 heterocycles. The van der Waals surface area contributed by atoms with Crippen molar-refractivity contribution >= 4 is 35.8 Å². The van der Waals surface area contributed by atoms with Gasteiger partial charge in [-0.25, -0.2) is 0 Å². The molecule has 1 aliphatic rings. The van der Waals surface area contributed by atoms with E-state index >= 15 is 0 Å². The zero-order chi connectivity index (χ0) is 16.9. The number of fused-ring (bicyclic) bond motifs is 1. The van der Waals surface area contributed by atoms with Gasteiger partial charge in [0.05, 0.1) is 11.3 Å². The molecule has 0 aromatic heterocycles. The van der Waals surface area contributed by atoms with Gasteiger partial charge in [-0.15, -0.1) is 24.2 Å². The first kappa shape index (κ1) is 19.7. The van der Waals surface area contributed by atoms with Crippen LogP contribution in [-0.4, -0.2) is 11.2 Å². The van der Waals surface area contributed by atoms with E-state index in [1.54, 1.807) is 11.8 Å². The Morgan fingerprint density at radius 1 is 1.28 bits per heavy atom. The highest BCUT2D eigenvalue weighted by molar-refractivity contribution is 7.99. The number of aryl methyl sites for hydroxylation is 1. The summed E-state index contributed by atoms with van der Waals surface area (Å²) in [5, 5.41) is 3.16. The Bertz CT molecular complexity index is 708. The van der Waals surface area contributed by atoms with Crippen LogP contribution >= 0.6 is 24.2 Å². The summed E-state index contributed by atoms with van der Waals surface area (Å²) in [6, 6.07) is 16.4. The molecule has 2 unspecified atom stereocenters. The number of anilines is 1. The molecule has 0 saturated carbocycles. The van der Waals surface area contributed by atoms with Gasteiger partial charge in [0.25, 0.3) is 0 Å². The van der Waals surface area contributed by atoms with Crippen LogP contribution in [-0.2, 0) is 17.0 Å². The molecule has 0 fully saturated rings. The number of halogens is 1. The minimum atomic E-state index is -0.0654. The van der Waals surface area contributed by atoms with E-state index in [9.17, 15) is 4.79 Å². The van der Waals surface area contributed by atoms with Crippen molar-refractivity contribution in [3.05, 3.63) is 65.2 Å². The van der Waals surface area contributed by atoms with Crippen LogP contribution in [0.2, 0.25) is 0 Å². The second-order valence-electron chi connectivity index (χ2n) is 6.35. The summed E-state index contributed by atoms with van der Waals surface area (Å²) in [7, 11) is 0. The third-order valence-electron chi connectivity index (χ3n) is 4.51. The van der Waals surface area contributed by atoms with E-state index in [1.165, 1.54) is 16.7 Å². The number of hydrogen-bond acceptors (Lipinski definition) is 3. The molecule has 1 aliphatic carbocycles. The number of nitrogen functional groups attached to an aromatic ring is 1. The average molecular weight is 377 g/mol. The fourth-order valence-corrected chi connectivity index (χ4v) is 4.00. The Morgan fingerprint density at radius 2 is 2.04 bits per heavy atom. The fraction of sp³-hybridized carbons (Fsp3) is 0.350. The lowest BCUT2D eigenvalue weighted by Gasteiger charge is -2.27. The van der Waals surface area contributed by atoms with Gasteiger partial charge < -0.3 is 11.1 Å². The number of nitrogens with two attached hydrogens (primary N) is 1. The molecule has 25 heavy (non-hydrogen) atoms. The van der Waals surface area contributed by atoms with Crippen LogP contribution in [0.15, 0.2) is 48.5 Å². The molecule has 2 atom stereocenters. The van der Waals surface area contributed by atoms with Crippen LogP contribution < -0.4 is 11.1 Å². The van der Waals surface area contributed by atoms with Crippen molar-refractivity contribution in [3.63, 3.8) is 0 Å². The highest BCUT2D eigenvalue weighted by Crippen LogP contribution is 2.31. The van der Waals surface area contributed by atoms with E-state index in [2.05, 4.69) is 23.5 Å². The summed E-state index contributed by atoms with van der Waals surface area (Å²) < 4.78 is 0. The van der Waals surface area contributed by atoms with Crippen molar-refractivity contribution in [2.45, 2.75) is 43.2 Å². The molecule has 3 nitrogen and oxygen atoms in total. The van der Waals surface area contributed by atoms with E-state index in [-0.39, 0.29) is 29.6 Å². The third-order valence-corrected chi connectivity index (χ3v) is 5.72. The maximum atomic E-state index is 12.6. The first-order chi connectivity index (χ1) is 11.6. The summed E-state index contributed by atoms with van der Waals surface area (Å²) in [6.45, 7) is 1.98. The number of benzene rings is 2. The lowest BCUT2D eigenvalue weighted by Crippen LogP contribution is -2.36. The monoisotopic (exact) mass is 376 g/mol. The Hall–Kier alpha value is -1.65. The van der Waals surface area contributed by atoms with Gasteiger partial charge in [0.2, 0.25) is 5.91 Å². The lowest BCUT2D eigenvalue weighted by molar-refractivity contribution is -0.121. The lowest BCUT2D eigenvalue weighted by atomic mass is 9.87. The Kier molecular flexibility index (Phi) is 7.21. The van der Waals surface area contributed by atoms with Crippen molar-refractivity contribution in [3.8, 4) is 0 Å². The van der Waals surface area contributed by atoms with Crippen molar-refractivity contribution in [2.24, 2.45) is 0 Å². The molecule has 3 rings (SSSR count). The van der Waals surface area contributed by atoms with Crippen LogP contribution in [0.4, 0.5) is 5.69 Å². The molecule has 0 bridgehead atoms. The van der Waals surface area contributed by atoms with Crippen LogP contribution in [0, 0.1) is 0 Å². The molecule has 0 spiro atoms. The second-order valence-corrected chi connectivity index (χ2v) is 7.68. The van der Waals surface area contributed by atoms with E-state index in [4.69, 9.17) is 5.73 Å². The maximum absolute atomic E-state index is 12.6. The summed E-state index contributed by atoms with van der Waals surface area (Å²) in [5.41, 5.74) is 10.4. The smallest absolute Gasteiger partial charge is 0.233 e. The van der Waals surface area contributed by atoms with Crippen LogP contribution in [0.25, 0.3) is 0 Å². The molecular formula is C20H25ClN2OS. The molecule has 3 N–H and O–H groups in total. The standard InChI is InChI=1S/C20H24N2OS.ClH/c1-14(24-13-15-6-3-2-4-7-15)20(23)22-19-9-5-8-16-12-17(21)10-11-18(16)19;/h2-4,6-7,10-12,14,19H,5,8-9,13,21H2,1H3,(H,22,23);1H. The van der Waals surface area contributed by atoms with Gasteiger partial charge in [0.15, 0.2) is 0 Å². The SMILES string of the molecule is CC(SCc1ccccc1)C(=O)NC1CCCc2cc(N)ccc21.Cl. The number of carbonyl (C=O) groups excluding carboxylic acids is 1. The number of thioether (sulfide) groups is 1. The van der Waals surface area contributed by atoms with Crippen LogP contribution in [0.3, 0.4) is 0 Å². The third kappa shape index (κ3) is 5.16. The van der Waals surface area contributed by atoms with Crippen molar-refractivity contribution < 1.29 is 4.79 Å². The maximum Gasteiger partial charge on any atom is 0.233 e. The van der Waals surface area contributed by atoms with Gasteiger partial charge in [-0.3, -0.25) is 4.79 Å². The molecule has 0 radical (unpaired) electrons. The van der Waals surface area contributed by atoms with Gasteiger partial charge in [0.1, 0.15) is 0 Å². The van der Waals surface area contributed by atoms with Crippen LogP contribution in [0.5, 0.6) is 0 Å². The number of nitrogens with one attached hydrogen (secondary N) is 1. The number of rotatable bonds is 5. The summed E-state index contributed by atoms with van der Waals surface area (Å²) >= 11 is 1.68. The largest absolute Gasteiger partial charge is 0.399 e. The van der Waals surface area contributed by atoms with Crippen molar-refractivity contribution in [1.29, 1.82) is 0 Å². The van der Waals surface area contributed by atoms with Gasteiger partial charge in [-0.05, 0) is 55.0 Å². The predicted molar refractivity (Wildman–Crippen MR) is 109 cm³/mol. The van der Waals surface area contributed by atoms with Crippen molar-refractivity contribution in [2.75, 3.05) is 5.73 Å². The minimum absolute atomic E-state index is 0. The van der Waals surface area contributed by atoms with Gasteiger partial charge in [-0.2, -0.15) is 0 Å². The summed E-state index contributed by atoms with van der Waals surface area (Å²) in [6.07, 6.45) is 3.14. The van der Waals surface area contributed by atoms with Gasteiger partial charge in [-0.1, -0.05) is 36.4 Å². The van der Waals surface area contributed by atoms with Gasteiger partial charge in [0, 0.05) is 11.4 Å². The Balaban J connectivity index is 0.00000225. The first-order valence-corrected chi connectivity index (χ1v) is 9.52. The zero-order valence-corrected chi connectivity index (χ0v) is 16.0. The van der Waals surface area contributed by atoms with E-state index < -0.39 is 0 Å². The number of carbonyl (C=O) groups is 1. The molecule has 1 amide bonds. The topological polar surface area (TPSA) is 55.1 Å². The molecular weight excluding hydrogens is 352 g/mol. The molecule has 2 aromatic rings. The number of amides is 1. The molecule has 2 aromatic carbocycles. The number of hydrogen-bond donors (Lipinski definition) is 2. The minimum Gasteiger partial charge on any atom is -0.399 e. The first-order valence-electron chi connectivity index (χ1n) is 8.47. The molecule has 0 saturated heterocycles. The summed E-state index contributed by atoms with van der Waals surface area (Å²) in [4.78, 5) is 12.6. The average Bonchev–Trinajstić information content (AvgIpc) is 2.60. The molecule has 0 aliphatic heterocycles. The highest BCUT2D eigenvalue weighted by Gasteiger charge is 2.24. The van der Waals surface area contributed by atoms with E-state index in [0.717, 1.165) is 30.7 Å².